The van der Waals surface area contributed by atoms with Crippen LogP contribution in [0.4, 0.5) is 0 Å². The van der Waals surface area contributed by atoms with Crippen LogP contribution in [0.3, 0.4) is 0 Å². The van der Waals surface area contributed by atoms with Gasteiger partial charge in [-0.15, -0.1) is 0 Å². The summed E-state index contributed by atoms with van der Waals surface area (Å²) in [7, 11) is 0. The third kappa shape index (κ3) is 2.78. The highest BCUT2D eigenvalue weighted by atomic mass is 16.5. The summed E-state index contributed by atoms with van der Waals surface area (Å²) in [6.45, 7) is 2.78. The van der Waals surface area contributed by atoms with Gasteiger partial charge >= 0.3 is 0 Å². The topological polar surface area (TPSA) is 59.1 Å². The highest BCUT2D eigenvalue weighted by Crippen LogP contribution is 2.11. The average Bonchev–Trinajstić information content (AvgIpc) is 2.15. The fourth-order valence-electron chi connectivity index (χ4n) is 0.951. The van der Waals surface area contributed by atoms with Crippen molar-refractivity contribution < 1.29 is 4.74 Å². The minimum Gasteiger partial charge on any atom is -0.494 e. The summed E-state index contributed by atoms with van der Waals surface area (Å²) in [5.74, 6) is 0.911. The van der Waals surface area contributed by atoms with E-state index in [1.165, 1.54) is 0 Å². The number of rotatable bonds is 4. The Kier molecular flexibility index (Phi) is 3.31. The molecule has 0 aliphatic rings. The van der Waals surface area contributed by atoms with Gasteiger partial charge in [-0.3, -0.25) is 5.41 Å². The number of hydrogen-bond acceptors (Lipinski definition) is 2. The highest BCUT2D eigenvalue weighted by Gasteiger charge is 1.96. The zero-order valence-electron chi connectivity index (χ0n) is 7.71. The molecule has 0 heterocycles. The molecule has 3 N–H and O–H groups in total. The Balaban J connectivity index is 2.64. The van der Waals surface area contributed by atoms with E-state index in [9.17, 15) is 0 Å². The Morgan fingerprint density at radius 2 is 2.00 bits per heavy atom. The van der Waals surface area contributed by atoms with E-state index in [0.29, 0.717) is 0 Å². The summed E-state index contributed by atoms with van der Waals surface area (Å²) in [6.07, 6.45) is 0.995. The standard InChI is InChI=1S/C10H14N2O/c1-2-7-13-9-5-3-8(4-6-9)10(11)12/h3-6H,2,7H2,1H3,(H3,11,12). The van der Waals surface area contributed by atoms with Gasteiger partial charge in [0.1, 0.15) is 11.6 Å². The molecule has 0 bridgehead atoms. The van der Waals surface area contributed by atoms with Gasteiger partial charge in [-0.2, -0.15) is 0 Å². The monoisotopic (exact) mass is 178 g/mol. The molecule has 0 aromatic heterocycles. The zero-order chi connectivity index (χ0) is 9.68. The molecule has 13 heavy (non-hydrogen) atoms. The van der Waals surface area contributed by atoms with Gasteiger partial charge < -0.3 is 10.5 Å². The number of nitrogens with one attached hydrogen (secondary N) is 1. The van der Waals surface area contributed by atoms with Crippen molar-refractivity contribution in [2.75, 3.05) is 6.61 Å². The van der Waals surface area contributed by atoms with Crippen molar-refractivity contribution in [3.63, 3.8) is 0 Å². The molecular weight excluding hydrogens is 164 g/mol. The first kappa shape index (κ1) is 9.58. The highest BCUT2D eigenvalue weighted by molar-refractivity contribution is 5.94. The van der Waals surface area contributed by atoms with Crippen LogP contribution in [0.2, 0.25) is 0 Å². The molecule has 1 aromatic carbocycles. The normalized spacial score (nSPS) is 9.62. The molecule has 0 unspecified atom stereocenters. The number of benzene rings is 1. The van der Waals surface area contributed by atoms with E-state index in [1.807, 2.05) is 12.1 Å². The van der Waals surface area contributed by atoms with Crippen molar-refractivity contribution >= 4 is 5.84 Å². The first-order chi connectivity index (χ1) is 6.24. The van der Waals surface area contributed by atoms with Crippen molar-refractivity contribution in [2.45, 2.75) is 13.3 Å². The summed E-state index contributed by atoms with van der Waals surface area (Å²) < 4.78 is 5.38. The molecule has 0 saturated carbocycles. The van der Waals surface area contributed by atoms with Gasteiger partial charge in [0.25, 0.3) is 0 Å². The third-order valence-electron chi connectivity index (χ3n) is 1.64. The lowest BCUT2D eigenvalue weighted by molar-refractivity contribution is 0.317. The predicted octanol–water partition coefficient (Wildman–Crippen LogP) is 1.76. The zero-order valence-corrected chi connectivity index (χ0v) is 7.71. The molecule has 0 spiro atoms. The fraction of sp³-hybridized carbons (Fsp3) is 0.300. The quantitative estimate of drug-likeness (QED) is 0.545. The minimum absolute atomic E-state index is 0.0852. The van der Waals surface area contributed by atoms with Gasteiger partial charge in [0.2, 0.25) is 0 Å². The minimum atomic E-state index is 0.0852. The van der Waals surface area contributed by atoms with Crippen molar-refractivity contribution in [3.05, 3.63) is 29.8 Å². The van der Waals surface area contributed by atoms with E-state index in [4.69, 9.17) is 15.9 Å². The smallest absolute Gasteiger partial charge is 0.122 e. The Bertz CT molecular complexity index is 279. The summed E-state index contributed by atoms with van der Waals surface area (Å²) in [6, 6.07) is 7.22. The average molecular weight is 178 g/mol. The summed E-state index contributed by atoms with van der Waals surface area (Å²) in [5, 5.41) is 7.18. The maximum Gasteiger partial charge on any atom is 0.122 e. The molecule has 1 rings (SSSR count). The lowest BCUT2D eigenvalue weighted by Crippen LogP contribution is -2.10. The van der Waals surface area contributed by atoms with Crippen LogP contribution in [-0.2, 0) is 0 Å². The first-order valence-electron chi connectivity index (χ1n) is 4.31. The molecule has 3 nitrogen and oxygen atoms in total. The lowest BCUT2D eigenvalue weighted by Gasteiger charge is -2.04. The van der Waals surface area contributed by atoms with Crippen LogP contribution in [0.1, 0.15) is 18.9 Å². The van der Waals surface area contributed by atoms with Crippen molar-refractivity contribution in [1.82, 2.24) is 0 Å². The van der Waals surface area contributed by atoms with Gasteiger partial charge in [0.15, 0.2) is 0 Å². The first-order valence-corrected chi connectivity index (χ1v) is 4.31. The summed E-state index contributed by atoms with van der Waals surface area (Å²) in [4.78, 5) is 0. The second kappa shape index (κ2) is 4.50. The number of nitrogen functional groups attached to an aromatic ring is 1. The van der Waals surface area contributed by atoms with Gasteiger partial charge in [-0.25, -0.2) is 0 Å². The Hall–Kier alpha value is -1.51. The lowest BCUT2D eigenvalue weighted by atomic mass is 10.2. The van der Waals surface area contributed by atoms with E-state index in [0.717, 1.165) is 24.3 Å². The van der Waals surface area contributed by atoms with Gasteiger partial charge in [-0.1, -0.05) is 6.92 Å². The number of ether oxygens (including phenoxy) is 1. The summed E-state index contributed by atoms with van der Waals surface area (Å²) in [5.41, 5.74) is 6.03. The van der Waals surface area contributed by atoms with E-state index in [2.05, 4.69) is 6.92 Å². The van der Waals surface area contributed by atoms with E-state index >= 15 is 0 Å². The molecule has 0 saturated heterocycles. The van der Waals surface area contributed by atoms with Crippen LogP contribution in [0.5, 0.6) is 5.75 Å². The maximum atomic E-state index is 7.18. The second-order valence-electron chi connectivity index (χ2n) is 2.79. The van der Waals surface area contributed by atoms with Gasteiger partial charge in [0, 0.05) is 5.56 Å². The van der Waals surface area contributed by atoms with Crippen LogP contribution >= 0.6 is 0 Å². The molecule has 1 aromatic rings. The largest absolute Gasteiger partial charge is 0.494 e. The van der Waals surface area contributed by atoms with Crippen LogP contribution < -0.4 is 10.5 Å². The Morgan fingerprint density at radius 1 is 1.38 bits per heavy atom. The van der Waals surface area contributed by atoms with Crippen molar-refractivity contribution in [2.24, 2.45) is 5.73 Å². The maximum absolute atomic E-state index is 7.18. The van der Waals surface area contributed by atoms with Crippen LogP contribution in [0.25, 0.3) is 0 Å². The SMILES string of the molecule is CCCOc1ccc(C(=N)N)cc1. The predicted molar refractivity (Wildman–Crippen MR) is 53.2 cm³/mol. The number of amidine groups is 1. The van der Waals surface area contributed by atoms with E-state index in [1.54, 1.807) is 12.1 Å². The number of hydrogen-bond donors (Lipinski definition) is 2. The molecule has 0 amide bonds. The van der Waals surface area contributed by atoms with Gasteiger partial charge in [-0.05, 0) is 30.7 Å². The molecule has 3 heteroatoms. The molecule has 70 valence electrons. The van der Waals surface area contributed by atoms with Crippen molar-refractivity contribution in [3.8, 4) is 5.75 Å². The Labute approximate surface area is 78.0 Å². The summed E-state index contributed by atoms with van der Waals surface area (Å²) >= 11 is 0. The molecule has 0 atom stereocenters. The van der Waals surface area contributed by atoms with E-state index in [-0.39, 0.29) is 5.84 Å². The molecular formula is C10H14N2O. The van der Waals surface area contributed by atoms with Crippen molar-refractivity contribution in [1.29, 1.82) is 5.41 Å². The van der Waals surface area contributed by atoms with Gasteiger partial charge in [0.05, 0.1) is 6.61 Å². The molecule has 0 aliphatic carbocycles. The van der Waals surface area contributed by atoms with Crippen LogP contribution in [-0.4, -0.2) is 12.4 Å². The third-order valence-corrected chi connectivity index (χ3v) is 1.64. The molecule has 0 aliphatic heterocycles. The fourth-order valence-corrected chi connectivity index (χ4v) is 0.951. The van der Waals surface area contributed by atoms with Crippen LogP contribution in [0.15, 0.2) is 24.3 Å². The van der Waals surface area contributed by atoms with E-state index < -0.39 is 0 Å². The Morgan fingerprint density at radius 3 is 2.46 bits per heavy atom. The molecule has 0 fully saturated rings. The second-order valence-corrected chi connectivity index (χ2v) is 2.79. The van der Waals surface area contributed by atoms with Crippen LogP contribution in [0, 0.1) is 5.41 Å². The number of nitrogens with two attached hydrogens (primary N) is 1. The molecule has 0 radical (unpaired) electrons.